The Balaban J connectivity index is 2.86. The molecule has 116 valence electrons. The maximum Gasteiger partial charge on any atom is 0.337 e. The van der Waals surface area contributed by atoms with Crippen LogP contribution in [0, 0.1) is 0 Å². The van der Waals surface area contributed by atoms with Crippen molar-refractivity contribution in [3.63, 3.8) is 0 Å². The average Bonchev–Trinajstić information content (AvgIpc) is 2.40. The summed E-state index contributed by atoms with van der Waals surface area (Å²) in [4.78, 5) is 24.8. The molecule has 1 aromatic carbocycles. The standard InChI is InChI=1S/C14H19ClN2O4/c1-9(2)17(6-7-21-3)14(20)16-10-4-5-12(15)11(8-10)13(18)19/h4-5,8-9H,6-7H2,1-3H3,(H,16,20)(H,18,19). The third-order valence-electron chi connectivity index (χ3n) is 2.87. The summed E-state index contributed by atoms with van der Waals surface area (Å²) < 4.78 is 4.97. The Kier molecular flexibility index (Phi) is 6.45. The molecular formula is C14H19ClN2O4. The third kappa shape index (κ3) is 4.91. The van der Waals surface area contributed by atoms with Gasteiger partial charge in [-0.15, -0.1) is 0 Å². The second kappa shape index (κ2) is 7.85. The number of nitrogens with one attached hydrogen (secondary N) is 1. The largest absolute Gasteiger partial charge is 0.478 e. The van der Waals surface area contributed by atoms with Gasteiger partial charge in [0.1, 0.15) is 0 Å². The topological polar surface area (TPSA) is 78.9 Å². The molecule has 0 aliphatic carbocycles. The lowest BCUT2D eigenvalue weighted by Gasteiger charge is -2.26. The Morgan fingerprint density at radius 3 is 2.62 bits per heavy atom. The van der Waals surface area contributed by atoms with Gasteiger partial charge in [0.25, 0.3) is 0 Å². The van der Waals surface area contributed by atoms with Gasteiger partial charge >= 0.3 is 12.0 Å². The number of anilines is 1. The quantitative estimate of drug-likeness (QED) is 0.846. The number of benzene rings is 1. The first-order valence-electron chi connectivity index (χ1n) is 6.46. The Morgan fingerprint density at radius 2 is 2.10 bits per heavy atom. The number of carboxylic acid groups (broad SMARTS) is 1. The lowest BCUT2D eigenvalue weighted by atomic mass is 10.2. The van der Waals surface area contributed by atoms with Crippen LogP contribution in [0.4, 0.5) is 10.5 Å². The van der Waals surface area contributed by atoms with Crippen molar-refractivity contribution in [2.45, 2.75) is 19.9 Å². The number of carbonyl (C=O) groups is 2. The molecule has 0 aliphatic rings. The van der Waals surface area contributed by atoms with Crippen molar-refractivity contribution in [2.75, 3.05) is 25.6 Å². The van der Waals surface area contributed by atoms with Gasteiger partial charge in [-0.05, 0) is 32.0 Å². The molecule has 0 spiro atoms. The number of hydrogen-bond acceptors (Lipinski definition) is 3. The van der Waals surface area contributed by atoms with Gasteiger partial charge in [-0.3, -0.25) is 0 Å². The van der Waals surface area contributed by atoms with Gasteiger partial charge in [-0.2, -0.15) is 0 Å². The van der Waals surface area contributed by atoms with Gasteiger partial charge in [0.2, 0.25) is 0 Å². The van der Waals surface area contributed by atoms with Crippen LogP contribution in [-0.2, 0) is 4.74 Å². The molecule has 0 atom stereocenters. The molecule has 1 aromatic rings. The van der Waals surface area contributed by atoms with Crippen LogP contribution in [0.3, 0.4) is 0 Å². The van der Waals surface area contributed by atoms with E-state index in [0.29, 0.717) is 18.8 Å². The van der Waals surface area contributed by atoms with Gasteiger partial charge in [0.15, 0.2) is 0 Å². The molecule has 0 heterocycles. The Hall–Kier alpha value is -1.79. The highest BCUT2D eigenvalue weighted by molar-refractivity contribution is 6.33. The predicted octanol–water partition coefficient (Wildman–Crippen LogP) is 2.93. The average molecular weight is 315 g/mol. The van der Waals surface area contributed by atoms with Gasteiger partial charge in [-0.1, -0.05) is 11.6 Å². The number of ether oxygens (including phenoxy) is 1. The summed E-state index contributed by atoms with van der Waals surface area (Å²) in [6.45, 7) is 4.64. The van der Waals surface area contributed by atoms with E-state index in [0.717, 1.165) is 0 Å². The number of aromatic carboxylic acids is 1. The fourth-order valence-corrected chi connectivity index (χ4v) is 1.94. The fraction of sp³-hybridized carbons (Fsp3) is 0.429. The predicted molar refractivity (Wildman–Crippen MR) is 81.1 cm³/mol. The van der Waals surface area contributed by atoms with E-state index in [1.54, 1.807) is 18.1 Å². The number of halogens is 1. The first-order valence-corrected chi connectivity index (χ1v) is 6.84. The monoisotopic (exact) mass is 314 g/mol. The van der Waals surface area contributed by atoms with Crippen LogP contribution in [0.5, 0.6) is 0 Å². The Morgan fingerprint density at radius 1 is 1.43 bits per heavy atom. The highest BCUT2D eigenvalue weighted by atomic mass is 35.5. The summed E-state index contributed by atoms with van der Waals surface area (Å²) in [6, 6.07) is 4.00. The third-order valence-corrected chi connectivity index (χ3v) is 3.20. The Bertz CT molecular complexity index is 520. The zero-order chi connectivity index (χ0) is 16.0. The number of methoxy groups -OCH3 is 1. The van der Waals surface area contributed by atoms with Crippen LogP contribution >= 0.6 is 11.6 Å². The van der Waals surface area contributed by atoms with Crippen molar-refractivity contribution >= 4 is 29.3 Å². The lowest BCUT2D eigenvalue weighted by Crippen LogP contribution is -2.42. The molecule has 21 heavy (non-hydrogen) atoms. The molecule has 0 bridgehead atoms. The number of hydrogen-bond donors (Lipinski definition) is 2. The van der Waals surface area contributed by atoms with Crippen LogP contribution in [0.1, 0.15) is 24.2 Å². The number of rotatable bonds is 6. The van der Waals surface area contributed by atoms with Crippen LogP contribution in [0.15, 0.2) is 18.2 Å². The Labute approximate surface area is 128 Å². The van der Waals surface area contributed by atoms with E-state index in [4.69, 9.17) is 21.4 Å². The minimum Gasteiger partial charge on any atom is -0.478 e. The minimum absolute atomic E-state index is 0.00797. The molecule has 0 aromatic heterocycles. The van der Waals surface area contributed by atoms with Crippen LogP contribution < -0.4 is 5.32 Å². The molecule has 2 amide bonds. The smallest absolute Gasteiger partial charge is 0.337 e. The molecule has 0 fully saturated rings. The minimum atomic E-state index is -1.14. The molecule has 0 unspecified atom stereocenters. The van der Waals surface area contributed by atoms with E-state index in [1.807, 2.05) is 13.8 Å². The normalized spacial score (nSPS) is 10.5. The molecule has 0 saturated heterocycles. The van der Waals surface area contributed by atoms with Crippen LogP contribution in [0.2, 0.25) is 5.02 Å². The van der Waals surface area contributed by atoms with E-state index in [9.17, 15) is 9.59 Å². The van der Waals surface area contributed by atoms with E-state index < -0.39 is 5.97 Å². The zero-order valence-electron chi connectivity index (χ0n) is 12.2. The maximum atomic E-state index is 12.2. The van der Waals surface area contributed by atoms with Gasteiger partial charge < -0.3 is 20.1 Å². The zero-order valence-corrected chi connectivity index (χ0v) is 13.0. The lowest BCUT2D eigenvalue weighted by molar-refractivity contribution is 0.0697. The SMILES string of the molecule is COCCN(C(=O)Nc1ccc(Cl)c(C(=O)O)c1)C(C)C. The van der Waals surface area contributed by atoms with E-state index >= 15 is 0 Å². The van der Waals surface area contributed by atoms with E-state index in [1.165, 1.54) is 12.1 Å². The van der Waals surface area contributed by atoms with Crippen molar-refractivity contribution in [3.8, 4) is 0 Å². The van der Waals surface area contributed by atoms with Crippen molar-refractivity contribution in [3.05, 3.63) is 28.8 Å². The maximum absolute atomic E-state index is 12.2. The molecule has 0 radical (unpaired) electrons. The van der Waals surface area contributed by atoms with Gasteiger partial charge in [0, 0.05) is 25.4 Å². The molecule has 2 N–H and O–H groups in total. The molecule has 7 heteroatoms. The molecule has 0 aliphatic heterocycles. The number of nitrogens with zero attached hydrogens (tertiary/aromatic N) is 1. The van der Waals surface area contributed by atoms with Crippen molar-refractivity contribution in [2.24, 2.45) is 0 Å². The summed E-state index contributed by atoms with van der Waals surface area (Å²) in [7, 11) is 1.56. The number of urea groups is 1. The highest BCUT2D eigenvalue weighted by Crippen LogP contribution is 2.21. The summed E-state index contributed by atoms with van der Waals surface area (Å²) in [5.41, 5.74) is 0.326. The summed E-state index contributed by atoms with van der Waals surface area (Å²) in [5, 5.41) is 11.8. The second-order valence-electron chi connectivity index (χ2n) is 4.71. The summed E-state index contributed by atoms with van der Waals surface area (Å²) >= 11 is 5.79. The first kappa shape index (κ1) is 17.3. The number of amides is 2. The van der Waals surface area contributed by atoms with Gasteiger partial charge in [0.05, 0.1) is 17.2 Å². The number of carbonyl (C=O) groups excluding carboxylic acids is 1. The highest BCUT2D eigenvalue weighted by Gasteiger charge is 2.17. The van der Waals surface area contributed by atoms with Crippen molar-refractivity contribution in [1.82, 2.24) is 4.90 Å². The first-order chi connectivity index (χ1) is 9.86. The molecule has 0 saturated carbocycles. The summed E-state index contributed by atoms with van der Waals surface area (Å²) in [5.74, 6) is -1.14. The van der Waals surface area contributed by atoms with Crippen molar-refractivity contribution in [1.29, 1.82) is 0 Å². The molecule has 1 rings (SSSR count). The summed E-state index contributed by atoms with van der Waals surface area (Å²) in [6.07, 6.45) is 0. The van der Waals surface area contributed by atoms with Crippen LogP contribution in [0.25, 0.3) is 0 Å². The molecule has 6 nitrogen and oxygen atoms in total. The fourth-order valence-electron chi connectivity index (χ4n) is 1.75. The van der Waals surface area contributed by atoms with Crippen LogP contribution in [-0.4, -0.2) is 48.3 Å². The van der Waals surface area contributed by atoms with Gasteiger partial charge in [-0.25, -0.2) is 9.59 Å². The van der Waals surface area contributed by atoms with E-state index in [-0.39, 0.29) is 22.7 Å². The molecular weight excluding hydrogens is 296 g/mol. The van der Waals surface area contributed by atoms with E-state index in [2.05, 4.69) is 5.32 Å². The van der Waals surface area contributed by atoms with Crippen molar-refractivity contribution < 1.29 is 19.4 Å². The number of carboxylic acids is 1. The second-order valence-corrected chi connectivity index (χ2v) is 5.12.